The molecule has 0 saturated heterocycles. The van der Waals surface area contributed by atoms with E-state index >= 15 is 0 Å². The molecule has 2 aliphatic rings. The molecule has 2 aromatic carbocycles. The number of fused-ring (bicyclic) bond motifs is 1. The Morgan fingerprint density at radius 3 is 2.32 bits per heavy atom. The van der Waals surface area contributed by atoms with Crippen LogP contribution in [0.2, 0.25) is 0 Å². The Bertz CT molecular complexity index is 1210. The lowest BCUT2D eigenvalue weighted by Gasteiger charge is -2.42. The second kappa shape index (κ2) is 8.63. The summed E-state index contributed by atoms with van der Waals surface area (Å²) in [6.07, 6.45) is 6.27. The lowest BCUT2D eigenvalue weighted by atomic mass is 9.62. The molecule has 0 bridgehead atoms. The van der Waals surface area contributed by atoms with Gasteiger partial charge in [0.15, 0.2) is 0 Å². The summed E-state index contributed by atoms with van der Waals surface area (Å²) >= 11 is 0. The first-order valence-corrected chi connectivity index (χ1v) is 11.8. The number of ether oxygens (including phenoxy) is 1. The molecule has 7 heteroatoms. The Labute approximate surface area is 199 Å². The van der Waals surface area contributed by atoms with E-state index in [1.54, 1.807) is 22.9 Å². The molecule has 0 atom stereocenters. The monoisotopic (exact) mass is 458 g/mol. The minimum atomic E-state index is -0.0774. The Hall–Kier alpha value is -3.61. The third kappa shape index (κ3) is 3.75. The summed E-state index contributed by atoms with van der Waals surface area (Å²) < 4.78 is 6.96. The van der Waals surface area contributed by atoms with Crippen molar-refractivity contribution >= 4 is 17.5 Å². The van der Waals surface area contributed by atoms with Gasteiger partial charge in [0.2, 0.25) is 5.91 Å². The lowest BCUT2D eigenvalue weighted by Crippen LogP contribution is -2.40. The molecule has 1 saturated carbocycles. The van der Waals surface area contributed by atoms with Crippen molar-refractivity contribution in [3.05, 3.63) is 71.5 Å². The molecule has 1 aliphatic heterocycles. The van der Waals surface area contributed by atoms with Crippen molar-refractivity contribution in [2.75, 3.05) is 32.6 Å². The highest BCUT2D eigenvalue weighted by atomic mass is 16.5. The van der Waals surface area contributed by atoms with Gasteiger partial charge in [-0.3, -0.25) is 9.59 Å². The molecular formula is C27H30N4O3. The number of hydrogen-bond donors (Lipinski definition) is 0. The van der Waals surface area contributed by atoms with Gasteiger partial charge in [-0.05, 0) is 61.2 Å². The van der Waals surface area contributed by atoms with Crippen molar-refractivity contribution < 1.29 is 14.3 Å². The minimum absolute atomic E-state index is 0.0524. The largest absolute Gasteiger partial charge is 0.497 e. The van der Waals surface area contributed by atoms with Crippen LogP contribution in [0.4, 0.5) is 5.69 Å². The standard InChI is InChI=1S/C27H30N4O3/c1-29(2)24(32)17-27(14-4-15-27)20-5-7-21(8-6-20)30-16-13-19-18-28-31(25(19)26(30)33)22-9-11-23(34-3)12-10-22/h5-12,18H,4,13-17H2,1-3H3. The number of rotatable bonds is 6. The molecule has 2 amide bonds. The third-order valence-corrected chi connectivity index (χ3v) is 7.30. The predicted octanol–water partition coefficient (Wildman–Crippen LogP) is 3.98. The average molecular weight is 459 g/mol. The number of aromatic nitrogens is 2. The van der Waals surface area contributed by atoms with E-state index < -0.39 is 0 Å². The molecule has 0 unspecified atom stereocenters. The van der Waals surface area contributed by atoms with E-state index in [2.05, 4.69) is 17.2 Å². The first-order valence-electron chi connectivity index (χ1n) is 11.8. The van der Waals surface area contributed by atoms with E-state index in [-0.39, 0.29) is 17.2 Å². The predicted molar refractivity (Wildman–Crippen MR) is 131 cm³/mol. The maximum absolute atomic E-state index is 13.6. The highest BCUT2D eigenvalue weighted by molar-refractivity contribution is 6.07. The topological polar surface area (TPSA) is 67.7 Å². The number of carbonyl (C=O) groups excluding carboxylic acids is 2. The van der Waals surface area contributed by atoms with E-state index in [0.29, 0.717) is 18.7 Å². The Kier molecular flexibility index (Phi) is 5.63. The van der Waals surface area contributed by atoms with Crippen LogP contribution < -0.4 is 9.64 Å². The van der Waals surface area contributed by atoms with Gasteiger partial charge < -0.3 is 14.5 Å². The van der Waals surface area contributed by atoms with Crippen LogP contribution in [0, 0.1) is 0 Å². The van der Waals surface area contributed by atoms with Gasteiger partial charge in [0.25, 0.3) is 5.91 Å². The maximum atomic E-state index is 13.6. The van der Waals surface area contributed by atoms with Crippen LogP contribution in [-0.4, -0.2) is 54.2 Å². The summed E-state index contributed by atoms with van der Waals surface area (Å²) in [5, 5.41) is 4.50. The van der Waals surface area contributed by atoms with Crippen LogP contribution in [0.3, 0.4) is 0 Å². The van der Waals surface area contributed by atoms with Crippen molar-refractivity contribution in [1.82, 2.24) is 14.7 Å². The van der Waals surface area contributed by atoms with Crippen LogP contribution in [0.1, 0.15) is 47.3 Å². The highest BCUT2D eigenvalue weighted by Crippen LogP contribution is 2.47. The summed E-state index contributed by atoms with van der Waals surface area (Å²) in [6, 6.07) is 15.8. The molecule has 1 aromatic heterocycles. The van der Waals surface area contributed by atoms with Gasteiger partial charge in [0.05, 0.1) is 19.0 Å². The van der Waals surface area contributed by atoms with E-state index in [4.69, 9.17) is 4.74 Å². The number of benzene rings is 2. The van der Waals surface area contributed by atoms with Crippen LogP contribution in [0.15, 0.2) is 54.7 Å². The highest BCUT2D eigenvalue weighted by Gasteiger charge is 2.41. The molecule has 5 rings (SSSR count). The number of amides is 2. The molecular weight excluding hydrogens is 428 g/mol. The van der Waals surface area contributed by atoms with Crippen LogP contribution >= 0.6 is 0 Å². The molecule has 176 valence electrons. The van der Waals surface area contributed by atoms with Crippen LogP contribution in [0.25, 0.3) is 5.69 Å². The van der Waals surface area contributed by atoms with E-state index in [9.17, 15) is 9.59 Å². The smallest absolute Gasteiger partial charge is 0.277 e. The maximum Gasteiger partial charge on any atom is 0.277 e. The molecule has 1 aliphatic carbocycles. The second-order valence-corrected chi connectivity index (χ2v) is 9.48. The number of hydrogen-bond acceptors (Lipinski definition) is 4. The average Bonchev–Trinajstić information content (AvgIpc) is 3.27. The van der Waals surface area contributed by atoms with Crippen LogP contribution in [-0.2, 0) is 16.6 Å². The van der Waals surface area contributed by atoms with Crippen molar-refractivity contribution in [3.63, 3.8) is 0 Å². The van der Waals surface area contributed by atoms with Gasteiger partial charge in [0.1, 0.15) is 11.4 Å². The first kappa shape index (κ1) is 22.2. The van der Waals surface area contributed by atoms with Crippen molar-refractivity contribution in [3.8, 4) is 11.4 Å². The summed E-state index contributed by atoms with van der Waals surface area (Å²) in [5.74, 6) is 0.868. The Morgan fingerprint density at radius 2 is 1.74 bits per heavy atom. The normalized spacial score (nSPS) is 16.6. The summed E-state index contributed by atoms with van der Waals surface area (Å²) in [5.41, 5.74) is 4.37. The van der Waals surface area contributed by atoms with Gasteiger partial charge in [0, 0.05) is 43.7 Å². The summed E-state index contributed by atoms with van der Waals surface area (Å²) in [6.45, 7) is 0.615. The number of anilines is 1. The van der Waals surface area contributed by atoms with Gasteiger partial charge in [-0.1, -0.05) is 18.6 Å². The number of methoxy groups -OCH3 is 1. The molecule has 3 aromatic rings. The molecule has 0 spiro atoms. The van der Waals surface area contributed by atoms with Gasteiger partial charge in [-0.25, -0.2) is 4.68 Å². The van der Waals surface area contributed by atoms with Crippen molar-refractivity contribution in [1.29, 1.82) is 0 Å². The van der Waals surface area contributed by atoms with Crippen molar-refractivity contribution in [2.24, 2.45) is 0 Å². The quantitative estimate of drug-likeness (QED) is 0.560. The fourth-order valence-corrected chi connectivity index (χ4v) is 5.03. The summed E-state index contributed by atoms with van der Waals surface area (Å²) in [7, 11) is 5.25. The zero-order chi connectivity index (χ0) is 23.9. The molecule has 0 radical (unpaired) electrons. The number of nitrogens with zero attached hydrogens (tertiary/aromatic N) is 4. The van der Waals surface area contributed by atoms with E-state index in [1.807, 2.05) is 55.4 Å². The third-order valence-electron chi connectivity index (χ3n) is 7.30. The fourth-order valence-electron chi connectivity index (χ4n) is 5.03. The Balaban J connectivity index is 1.40. The minimum Gasteiger partial charge on any atom is -0.497 e. The van der Waals surface area contributed by atoms with E-state index in [1.165, 1.54) is 5.56 Å². The van der Waals surface area contributed by atoms with Crippen molar-refractivity contribution in [2.45, 2.75) is 37.5 Å². The van der Waals surface area contributed by atoms with Gasteiger partial charge in [-0.2, -0.15) is 5.10 Å². The second-order valence-electron chi connectivity index (χ2n) is 9.48. The SMILES string of the molecule is COc1ccc(-n2ncc3c2C(=O)N(c2ccc(C4(CC(=O)N(C)C)CCC4)cc2)CC3)cc1. The molecule has 1 fully saturated rings. The zero-order valence-corrected chi connectivity index (χ0v) is 20.0. The van der Waals surface area contributed by atoms with Crippen LogP contribution in [0.5, 0.6) is 5.75 Å². The number of carbonyl (C=O) groups is 2. The fraction of sp³-hybridized carbons (Fsp3) is 0.370. The van der Waals surface area contributed by atoms with Gasteiger partial charge in [-0.15, -0.1) is 0 Å². The summed E-state index contributed by atoms with van der Waals surface area (Å²) in [4.78, 5) is 29.5. The molecule has 2 heterocycles. The Morgan fingerprint density at radius 1 is 1.06 bits per heavy atom. The van der Waals surface area contributed by atoms with E-state index in [0.717, 1.165) is 48.4 Å². The van der Waals surface area contributed by atoms with Gasteiger partial charge >= 0.3 is 0 Å². The lowest BCUT2D eigenvalue weighted by molar-refractivity contribution is -0.130. The molecule has 34 heavy (non-hydrogen) atoms. The zero-order valence-electron chi connectivity index (χ0n) is 20.0. The first-order chi connectivity index (χ1) is 16.4. The molecule has 7 nitrogen and oxygen atoms in total. The molecule has 0 N–H and O–H groups in total.